The molecule has 0 aliphatic heterocycles. The molecule has 0 bridgehead atoms. The second-order valence-corrected chi connectivity index (χ2v) is 5.49. The second kappa shape index (κ2) is 7.13. The number of benzene rings is 1. The number of hydrogen-bond donors (Lipinski definition) is 2. The van der Waals surface area contributed by atoms with Gasteiger partial charge in [0.2, 0.25) is 0 Å². The molecule has 0 fully saturated rings. The predicted molar refractivity (Wildman–Crippen MR) is 75.1 cm³/mol. The summed E-state index contributed by atoms with van der Waals surface area (Å²) in [5.74, 6) is -0.121. The molecule has 0 aliphatic rings. The lowest BCUT2D eigenvalue weighted by Gasteiger charge is -2.16. The summed E-state index contributed by atoms with van der Waals surface area (Å²) >= 11 is 6.70. The van der Waals surface area contributed by atoms with Gasteiger partial charge in [0.25, 0.3) is 5.91 Å². The van der Waals surface area contributed by atoms with E-state index in [0.29, 0.717) is 12.0 Å². The summed E-state index contributed by atoms with van der Waals surface area (Å²) in [5.41, 5.74) is 0.601. The van der Waals surface area contributed by atoms with Crippen molar-refractivity contribution in [1.29, 1.82) is 0 Å². The second-order valence-electron chi connectivity index (χ2n) is 3.72. The summed E-state index contributed by atoms with van der Waals surface area (Å²) in [7, 11) is 0. The Labute approximate surface area is 118 Å². The minimum absolute atomic E-state index is 0.0167. The monoisotopic (exact) mass is 363 g/mol. The van der Waals surface area contributed by atoms with Crippen LogP contribution in [0.25, 0.3) is 0 Å². The van der Waals surface area contributed by atoms with Crippen LogP contribution in [-0.2, 0) is 0 Å². The minimum atomic E-state index is -0.121. The number of aliphatic hydroxyl groups excluding tert-OH is 1. The number of halogens is 2. The summed E-state index contributed by atoms with van der Waals surface area (Å²) in [4.78, 5) is 12.0. The van der Waals surface area contributed by atoms with E-state index in [1.165, 1.54) is 0 Å². The molecular weight excluding hydrogens is 350 g/mol. The zero-order valence-electron chi connectivity index (χ0n) is 9.54. The highest BCUT2D eigenvalue weighted by Gasteiger charge is 2.14. The molecular formula is C12H15Br2NO2. The molecule has 0 spiro atoms. The van der Waals surface area contributed by atoms with Crippen molar-refractivity contribution >= 4 is 37.8 Å². The fourth-order valence-corrected chi connectivity index (χ4v) is 2.70. The third-order valence-corrected chi connectivity index (χ3v) is 3.63. The predicted octanol–water partition coefficient (Wildman–Crippen LogP) is 3.10. The smallest absolute Gasteiger partial charge is 0.252 e. The summed E-state index contributed by atoms with van der Waals surface area (Å²) in [6, 6.07) is 5.44. The largest absolute Gasteiger partial charge is 0.396 e. The van der Waals surface area contributed by atoms with E-state index in [-0.39, 0.29) is 18.6 Å². The summed E-state index contributed by atoms with van der Waals surface area (Å²) in [6.07, 6.45) is 1.39. The maximum Gasteiger partial charge on any atom is 0.252 e. The number of hydrogen-bond acceptors (Lipinski definition) is 2. The van der Waals surface area contributed by atoms with E-state index in [1.54, 1.807) is 6.07 Å². The topological polar surface area (TPSA) is 49.3 Å². The molecule has 17 heavy (non-hydrogen) atoms. The first-order valence-electron chi connectivity index (χ1n) is 5.45. The van der Waals surface area contributed by atoms with Gasteiger partial charge in [-0.3, -0.25) is 4.79 Å². The van der Waals surface area contributed by atoms with E-state index >= 15 is 0 Å². The SMILES string of the molecule is CCC(CCO)NC(=O)c1ccc(Br)cc1Br. The zero-order valence-corrected chi connectivity index (χ0v) is 12.7. The molecule has 1 amide bonds. The molecule has 0 saturated heterocycles. The molecule has 1 aromatic rings. The van der Waals surface area contributed by atoms with Crippen molar-refractivity contribution in [1.82, 2.24) is 5.32 Å². The van der Waals surface area contributed by atoms with Gasteiger partial charge in [0.15, 0.2) is 0 Å². The van der Waals surface area contributed by atoms with E-state index < -0.39 is 0 Å². The van der Waals surface area contributed by atoms with Gasteiger partial charge in [0, 0.05) is 21.6 Å². The fourth-order valence-electron chi connectivity index (χ4n) is 1.47. The van der Waals surface area contributed by atoms with Gasteiger partial charge in [-0.15, -0.1) is 0 Å². The van der Waals surface area contributed by atoms with Crippen LogP contribution < -0.4 is 5.32 Å². The maximum atomic E-state index is 12.0. The Balaban J connectivity index is 2.75. The molecule has 0 aliphatic carbocycles. The van der Waals surface area contributed by atoms with E-state index in [4.69, 9.17) is 5.11 Å². The van der Waals surface area contributed by atoms with Crippen molar-refractivity contribution in [3.05, 3.63) is 32.7 Å². The molecule has 94 valence electrons. The molecule has 5 heteroatoms. The van der Waals surface area contributed by atoms with Gasteiger partial charge in [-0.2, -0.15) is 0 Å². The maximum absolute atomic E-state index is 12.0. The number of carbonyl (C=O) groups excluding carboxylic acids is 1. The lowest BCUT2D eigenvalue weighted by atomic mass is 10.1. The highest BCUT2D eigenvalue weighted by molar-refractivity contribution is 9.11. The Morgan fingerprint density at radius 2 is 2.18 bits per heavy atom. The van der Waals surface area contributed by atoms with Gasteiger partial charge in [-0.1, -0.05) is 22.9 Å². The average molecular weight is 365 g/mol. The molecule has 0 heterocycles. The number of carbonyl (C=O) groups is 1. The van der Waals surface area contributed by atoms with Crippen LogP contribution in [0.3, 0.4) is 0 Å². The van der Waals surface area contributed by atoms with E-state index in [2.05, 4.69) is 37.2 Å². The lowest BCUT2D eigenvalue weighted by molar-refractivity contribution is 0.0928. The van der Waals surface area contributed by atoms with Crippen LogP contribution in [0.2, 0.25) is 0 Å². The molecule has 1 unspecified atom stereocenters. The van der Waals surface area contributed by atoms with E-state index in [0.717, 1.165) is 15.4 Å². The number of nitrogens with one attached hydrogen (secondary N) is 1. The fraction of sp³-hybridized carbons (Fsp3) is 0.417. The lowest BCUT2D eigenvalue weighted by Crippen LogP contribution is -2.35. The Bertz CT molecular complexity index is 396. The van der Waals surface area contributed by atoms with Crippen molar-refractivity contribution in [2.75, 3.05) is 6.61 Å². The summed E-state index contributed by atoms with van der Waals surface area (Å²) in [6.45, 7) is 2.07. The Morgan fingerprint density at radius 3 is 2.71 bits per heavy atom. The third kappa shape index (κ3) is 4.41. The van der Waals surface area contributed by atoms with Crippen LogP contribution in [0.5, 0.6) is 0 Å². The van der Waals surface area contributed by atoms with Gasteiger partial charge in [0.1, 0.15) is 0 Å². The van der Waals surface area contributed by atoms with E-state index in [1.807, 2.05) is 19.1 Å². The highest BCUT2D eigenvalue weighted by Crippen LogP contribution is 2.22. The van der Waals surface area contributed by atoms with Crippen molar-refractivity contribution < 1.29 is 9.90 Å². The van der Waals surface area contributed by atoms with Gasteiger partial charge >= 0.3 is 0 Å². The number of rotatable bonds is 5. The van der Waals surface area contributed by atoms with Gasteiger partial charge < -0.3 is 10.4 Å². The Morgan fingerprint density at radius 1 is 1.47 bits per heavy atom. The van der Waals surface area contributed by atoms with E-state index in [9.17, 15) is 4.79 Å². The van der Waals surface area contributed by atoms with Crippen LogP contribution in [0.15, 0.2) is 27.1 Å². The molecule has 0 saturated carbocycles. The standard InChI is InChI=1S/C12H15Br2NO2/c1-2-9(5-6-16)15-12(17)10-4-3-8(13)7-11(10)14/h3-4,7,9,16H,2,5-6H2,1H3,(H,15,17). The van der Waals surface area contributed by atoms with Crippen LogP contribution in [0, 0.1) is 0 Å². The van der Waals surface area contributed by atoms with Crippen LogP contribution in [0.4, 0.5) is 0 Å². The quantitative estimate of drug-likeness (QED) is 0.843. The third-order valence-electron chi connectivity index (χ3n) is 2.48. The molecule has 1 aromatic carbocycles. The molecule has 0 aromatic heterocycles. The average Bonchev–Trinajstić information content (AvgIpc) is 2.28. The van der Waals surface area contributed by atoms with Crippen LogP contribution in [0.1, 0.15) is 30.1 Å². The minimum Gasteiger partial charge on any atom is -0.396 e. The van der Waals surface area contributed by atoms with Gasteiger partial charge in [0.05, 0.1) is 5.56 Å². The van der Waals surface area contributed by atoms with Crippen molar-refractivity contribution in [2.24, 2.45) is 0 Å². The molecule has 3 nitrogen and oxygen atoms in total. The van der Waals surface area contributed by atoms with Gasteiger partial charge in [-0.05, 0) is 47.0 Å². The molecule has 2 N–H and O–H groups in total. The molecule has 0 radical (unpaired) electrons. The van der Waals surface area contributed by atoms with Gasteiger partial charge in [-0.25, -0.2) is 0 Å². The molecule has 1 rings (SSSR count). The summed E-state index contributed by atoms with van der Waals surface area (Å²) in [5, 5.41) is 11.8. The first kappa shape index (κ1) is 14.7. The molecule has 1 atom stereocenters. The first-order valence-corrected chi connectivity index (χ1v) is 7.03. The zero-order chi connectivity index (χ0) is 12.8. The number of aliphatic hydroxyl groups is 1. The Kier molecular flexibility index (Phi) is 6.16. The number of amides is 1. The van der Waals surface area contributed by atoms with Crippen LogP contribution in [-0.4, -0.2) is 23.7 Å². The highest BCUT2D eigenvalue weighted by atomic mass is 79.9. The Hall–Kier alpha value is -0.390. The van der Waals surface area contributed by atoms with Crippen LogP contribution >= 0.6 is 31.9 Å². The first-order chi connectivity index (χ1) is 8.08. The van der Waals surface area contributed by atoms with Crippen molar-refractivity contribution in [2.45, 2.75) is 25.8 Å². The normalized spacial score (nSPS) is 12.2. The summed E-state index contributed by atoms with van der Waals surface area (Å²) < 4.78 is 1.67. The van der Waals surface area contributed by atoms with Crippen molar-refractivity contribution in [3.8, 4) is 0 Å². The van der Waals surface area contributed by atoms with Crippen molar-refractivity contribution in [3.63, 3.8) is 0 Å².